The molecule has 1 rings (SSSR count). The lowest BCUT2D eigenvalue weighted by Crippen LogP contribution is -2.09. The predicted octanol–water partition coefficient (Wildman–Crippen LogP) is 1.37. The smallest absolute Gasteiger partial charge is 0.309 e. The molecule has 0 aliphatic rings. The molecule has 0 unspecified atom stereocenters. The lowest BCUT2D eigenvalue weighted by molar-refractivity contribution is -0.136. The van der Waals surface area contributed by atoms with Gasteiger partial charge in [0.2, 0.25) is 0 Å². The number of pyridine rings is 1. The average molecular weight is 220 g/mol. The fourth-order valence-electron chi connectivity index (χ4n) is 0.999. The largest absolute Gasteiger partial charge is 0.481 e. The number of hydrogen-bond acceptors (Lipinski definition) is 3. The number of halogens is 3. The van der Waals surface area contributed by atoms with Crippen molar-refractivity contribution in [1.82, 2.24) is 4.98 Å². The SMILES string of the molecule is Nc1cc(F)c(CC(=O)O)nc1C(F)F. The third kappa shape index (κ3) is 2.58. The number of carbonyl (C=O) groups is 1. The lowest BCUT2D eigenvalue weighted by Gasteiger charge is -2.06. The maximum Gasteiger partial charge on any atom is 0.309 e. The fraction of sp³-hybridized carbons (Fsp3) is 0.250. The highest BCUT2D eigenvalue weighted by atomic mass is 19.3. The molecule has 0 aliphatic heterocycles. The van der Waals surface area contributed by atoms with E-state index in [-0.39, 0.29) is 0 Å². The minimum absolute atomic E-state index is 0.489. The molecule has 0 aliphatic carbocycles. The van der Waals surface area contributed by atoms with Crippen LogP contribution in [0.25, 0.3) is 0 Å². The Bertz CT molecular complexity index is 396. The summed E-state index contributed by atoms with van der Waals surface area (Å²) in [7, 11) is 0. The summed E-state index contributed by atoms with van der Waals surface area (Å²) < 4.78 is 37.5. The van der Waals surface area contributed by atoms with Crippen molar-refractivity contribution in [3.05, 3.63) is 23.3 Å². The first-order valence-corrected chi connectivity index (χ1v) is 3.86. The van der Waals surface area contributed by atoms with Crippen LogP contribution in [0, 0.1) is 5.82 Å². The van der Waals surface area contributed by atoms with E-state index in [9.17, 15) is 18.0 Å². The van der Waals surface area contributed by atoms with Crippen molar-refractivity contribution in [1.29, 1.82) is 0 Å². The minimum atomic E-state index is -2.96. The van der Waals surface area contributed by atoms with E-state index in [4.69, 9.17) is 10.8 Å². The van der Waals surface area contributed by atoms with Gasteiger partial charge in [-0.25, -0.2) is 18.2 Å². The molecule has 0 radical (unpaired) electrons. The Balaban J connectivity index is 3.17. The van der Waals surface area contributed by atoms with Gasteiger partial charge in [-0.1, -0.05) is 0 Å². The summed E-state index contributed by atoms with van der Waals surface area (Å²) in [6.45, 7) is 0. The monoisotopic (exact) mass is 220 g/mol. The summed E-state index contributed by atoms with van der Waals surface area (Å²) in [5, 5.41) is 8.36. The summed E-state index contributed by atoms with van der Waals surface area (Å²) in [6, 6.07) is 0.646. The predicted molar refractivity (Wildman–Crippen MR) is 44.9 cm³/mol. The van der Waals surface area contributed by atoms with Gasteiger partial charge in [0.05, 0.1) is 17.8 Å². The van der Waals surface area contributed by atoms with Crippen LogP contribution in [0.15, 0.2) is 6.07 Å². The maximum atomic E-state index is 13.0. The number of hydrogen-bond donors (Lipinski definition) is 2. The van der Waals surface area contributed by atoms with Crippen LogP contribution < -0.4 is 5.73 Å². The van der Waals surface area contributed by atoms with Gasteiger partial charge in [-0.3, -0.25) is 4.79 Å². The molecule has 7 heteroatoms. The minimum Gasteiger partial charge on any atom is -0.481 e. The standard InChI is InChI=1S/C8H7F3N2O2/c9-3-1-4(12)7(8(10)11)13-5(3)2-6(14)15/h1,8H,2,12H2,(H,14,15). The first-order valence-electron chi connectivity index (χ1n) is 3.86. The molecule has 4 nitrogen and oxygen atoms in total. The summed E-state index contributed by atoms with van der Waals surface area (Å²) in [5.41, 5.74) is 3.26. The van der Waals surface area contributed by atoms with Crippen LogP contribution in [0.3, 0.4) is 0 Å². The molecule has 0 fully saturated rings. The molecule has 0 saturated heterocycles. The van der Waals surface area contributed by atoms with Crippen LogP contribution in [0.2, 0.25) is 0 Å². The maximum absolute atomic E-state index is 13.0. The van der Waals surface area contributed by atoms with Crippen LogP contribution >= 0.6 is 0 Å². The first-order chi connectivity index (χ1) is 6.91. The molecule has 0 bridgehead atoms. The zero-order valence-corrected chi connectivity index (χ0v) is 7.38. The first kappa shape index (κ1) is 11.3. The van der Waals surface area contributed by atoms with Crippen LogP contribution in [-0.4, -0.2) is 16.1 Å². The van der Waals surface area contributed by atoms with Crippen molar-refractivity contribution in [2.75, 3.05) is 5.73 Å². The van der Waals surface area contributed by atoms with Crippen molar-refractivity contribution in [3.63, 3.8) is 0 Å². The number of nitrogens with two attached hydrogens (primary N) is 1. The Morgan fingerprint density at radius 3 is 2.67 bits per heavy atom. The highest BCUT2D eigenvalue weighted by molar-refractivity contribution is 5.69. The van der Waals surface area contributed by atoms with E-state index in [1.807, 2.05) is 0 Å². The lowest BCUT2D eigenvalue weighted by atomic mass is 10.2. The third-order valence-electron chi connectivity index (χ3n) is 1.63. The number of anilines is 1. The van der Waals surface area contributed by atoms with Crippen molar-refractivity contribution in [3.8, 4) is 0 Å². The number of carboxylic acids is 1. The number of rotatable bonds is 3. The molecule has 0 spiro atoms. The van der Waals surface area contributed by atoms with Crippen molar-refractivity contribution >= 4 is 11.7 Å². The Kier molecular flexibility index (Phi) is 3.13. The van der Waals surface area contributed by atoms with Gasteiger partial charge < -0.3 is 10.8 Å². The topological polar surface area (TPSA) is 76.2 Å². The Morgan fingerprint density at radius 1 is 1.60 bits per heavy atom. The van der Waals surface area contributed by atoms with E-state index in [1.54, 1.807) is 0 Å². The van der Waals surface area contributed by atoms with Crippen molar-refractivity contribution in [2.45, 2.75) is 12.8 Å². The fourth-order valence-corrected chi connectivity index (χ4v) is 0.999. The highest BCUT2D eigenvalue weighted by Crippen LogP contribution is 2.24. The highest BCUT2D eigenvalue weighted by Gasteiger charge is 2.18. The van der Waals surface area contributed by atoms with Gasteiger partial charge in [0.15, 0.2) is 0 Å². The molecule has 0 atom stereocenters. The van der Waals surface area contributed by atoms with Crippen LogP contribution in [0.5, 0.6) is 0 Å². The number of carboxylic acid groups (broad SMARTS) is 1. The zero-order valence-electron chi connectivity index (χ0n) is 7.38. The molecule has 3 N–H and O–H groups in total. The molecular formula is C8H7F3N2O2. The number of nitrogen functional groups attached to an aromatic ring is 1. The summed E-state index contributed by atoms with van der Waals surface area (Å²) >= 11 is 0. The molecule has 0 saturated carbocycles. The van der Waals surface area contributed by atoms with E-state index in [0.29, 0.717) is 6.07 Å². The molecule has 0 amide bonds. The normalized spacial score (nSPS) is 10.7. The average Bonchev–Trinajstić information content (AvgIpc) is 2.08. The molecule has 1 aromatic heterocycles. The number of nitrogens with zero attached hydrogens (tertiary/aromatic N) is 1. The van der Waals surface area contributed by atoms with E-state index in [2.05, 4.69) is 4.98 Å². The van der Waals surface area contributed by atoms with Gasteiger partial charge in [0.25, 0.3) is 6.43 Å². The summed E-state index contributed by atoms with van der Waals surface area (Å²) in [5.74, 6) is -2.36. The Morgan fingerprint density at radius 2 is 2.20 bits per heavy atom. The molecule has 82 valence electrons. The molecule has 15 heavy (non-hydrogen) atoms. The quantitative estimate of drug-likeness (QED) is 0.806. The van der Waals surface area contributed by atoms with Gasteiger partial charge in [0, 0.05) is 6.07 Å². The summed E-state index contributed by atoms with van der Waals surface area (Å²) in [6.07, 6.45) is -3.72. The summed E-state index contributed by atoms with van der Waals surface area (Å²) in [4.78, 5) is 13.4. The van der Waals surface area contributed by atoms with Gasteiger partial charge in [-0.15, -0.1) is 0 Å². The second-order valence-electron chi connectivity index (χ2n) is 2.76. The van der Waals surface area contributed by atoms with Crippen LogP contribution in [0.1, 0.15) is 17.8 Å². The van der Waals surface area contributed by atoms with E-state index in [0.717, 1.165) is 0 Å². The molecule has 1 aromatic rings. The Hall–Kier alpha value is -1.79. The molecular weight excluding hydrogens is 213 g/mol. The number of aliphatic carboxylic acids is 1. The molecule has 1 heterocycles. The number of alkyl halides is 2. The van der Waals surface area contributed by atoms with Crippen molar-refractivity contribution < 1.29 is 23.1 Å². The zero-order chi connectivity index (χ0) is 11.6. The van der Waals surface area contributed by atoms with Gasteiger partial charge in [-0.05, 0) is 0 Å². The Labute approximate surface area is 82.5 Å². The second-order valence-corrected chi connectivity index (χ2v) is 2.76. The third-order valence-corrected chi connectivity index (χ3v) is 1.63. The van der Waals surface area contributed by atoms with E-state index < -0.39 is 41.7 Å². The van der Waals surface area contributed by atoms with Crippen LogP contribution in [-0.2, 0) is 11.2 Å². The van der Waals surface area contributed by atoms with E-state index in [1.165, 1.54) is 0 Å². The van der Waals surface area contributed by atoms with Gasteiger partial charge in [0.1, 0.15) is 11.5 Å². The number of aromatic nitrogens is 1. The second kappa shape index (κ2) is 4.16. The van der Waals surface area contributed by atoms with Gasteiger partial charge >= 0.3 is 5.97 Å². The molecule has 0 aromatic carbocycles. The van der Waals surface area contributed by atoms with E-state index >= 15 is 0 Å². The van der Waals surface area contributed by atoms with Crippen LogP contribution in [0.4, 0.5) is 18.9 Å². The van der Waals surface area contributed by atoms with Crippen molar-refractivity contribution in [2.24, 2.45) is 0 Å². The van der Waals surface area contributed by atoms with Gasteiger partial charge in [-0.2, -0.15) is 0 Å².